The lowest BCUT2D eigenvalue weighted by Gasteiger charge is -2.27. The number of methoxy groups -OCH3 is 1. The van der Waals surface area contributed by atoms with Crippen molar-refractivity contribution in [3.63, 3.8) is 0 Å². The van der Waals surface area contributed by atoms with E-state index in [1.165, 1.54) is 25.3 Å². The van der Waals surface area contributed by atoms with Crippen LogP contribution >= 0.6 is 0 Å². The molecule has 1 N–H and O–H groups in total. The van der Waals surface area contributed by atoms with Gasteiger partial charge in [0.2, 0.25) is 0 Å². The van der Waals surface area contributed by atoms with Crippen molar-refractivity contribution in [1.29, 1.82) is 0 Å². The summed E-state index contributed by atoms with van der Waals surface area (Å²) < 4.78 is 23.7. The molecule has 2 aromatic rings. The zero-order valence-electron chi connectivity index (χ0n) is 15.2. The molecule has 0 atom stereocenters. The minimum absolute atomic E-state index is 0.0744. The quantitative estimate of drug-likeness (QED) is 0.624. The minimum Gasteiger partial charge on any atom is -0.507 e. The summed E-state index contributed by atoms with van der Waals surface area (Å²) in [7, 11) is 1.54. The van der Waals surface area contributed by atoms with Gasteiger partial charge >= 0.3 is 0 Å². The van der Waals surface area contributed by atoms with Gasteiger partial charge in [-0.3, -0.25) is 9.69 Å². The summed E-state index contributed by atoms with van der Waals surface area (Å²) in [5.41, 5.74) is 1.49. The molecule has 1 fully saturated rings. The van der Waals surface area contributed by atoms with Crippen LogP contribution in [0.3, 0.4) is 0 Å². The number of benzene rings is 2. The number of carbonyl (C=O) groups is 1. The maximum atomic E-state index is 13.0. The van der Waals surface area contributed by atoms with Crippen LogP contribution in [-0.4, -0.2) is 49.2 Å². The van der Waals surface area contributed by atoms with Crippen molar-refractivity contribution in [2.24, 2.45) is 0 Å². The number of hydrogen-bond acceptors (Lipinski definition) is 5. The van der Waals surface area contributed by atoms with Gasteiger partial charge in [-0.05, 0) is 35.9 Å². The third-order valence-electron chi connectivity index (χ3n) is 4.51. The summed E-state index contributed by atoms with van der Waals surface area (Å²) in [6.45, 7) is 3.27. The third-order valence-corrected chi connectivity index (χ3v) is 4.51. The van der Waals surface area contributed by atoms with E-state index in [-0.39, 0.29) is 22.9 Å². The van der Waals surface area contributed by atoms with E-state index in [9.17, 15) is 14.3 Å². The van der Waals surface area contributed by atoms with Gasteiger partial charge in [0.05, 0.1) is 31.5 Å². The fourth-order valence-corrected chi connectivity index (χ4v) is 2.98. The fraction of sp³-hybridized carbons (Fsp3) is 0.286. The second kappa shape index (κ2) is 8.79. The Bertz CT molecular complexity index is 827. The largest absolute Gasteiger partial charge is 0.507 e. The molecule has 1 aliphatic heterocycles. The molecule has 1 heterocycles. The molecule has 0 aromatic heterocycles. The van der Waals surface area contributed by atoms with Crippen molar-refractivity contribution in [2.75, 3.05) is 33.4 Å². The van der Waals surface area contributed by atoms with E-state index < -0.39 is 0 Å². The van der Waals surface area contributed by atoms with Crippen molar-refractivity contribution in [2.45, 2.75) is 6.54 Å². The molecule has 1 saturated heterocycles. The first-order chi connectivity index (χ1) is 13.1. The van der Waals surface area contributed by atoms with Gasteiger partial charge in [-0.15, -0.1) is 0 Å². The molecule has 3 rings (SSSR count). The second-order valence-corrected chi connectivity index (χ2v) is 6.28. The highest BCUT2D eigenvalue weighted by atomic mass is 19.1. The number of hydrogen-bond donors (Lipinski definition) is 1. The average molecular weight is 371 g/mol. The molecule has 0 saturated carbocycles. The molecule has 0 spiro atoms. The lowest BCUT2D eigenvalue weighted by molar-refractivity contribution is 0.0335. The topological polar surface area (TPSA) is 59.0 Å². The zero-order valence-corrected chi connectivity index (χ0v) is 15.2. The molecule has 27 heavy (non-hydrogen) atoms. The highest BCUT2D eigenvalue weighted by Crippen LogP contribution is 2.33. The first-order valence-electron chi connectivity index (χ1n) is 8.75. The number of allylic oxidation sites excluding steroid dienone is 1. The Morgan fingerprint density at radius 3 is 2.59 bits per heavy atom. The van der Waals surface area contributed by atoms with Crippen LogP contribution in [0.25, 0.3) is 6.08 Å². The zero-order chi connectivity index (χ0) is 19.2. The van der Waals surface area contributed by atoms with E-state index in [0.29, 0.717) is 36.6 Å². The Kier molecular flexibility index (Phi) is 6.21. The van der Waals surface area contributed by atoms with Gasteiger partial charge < -0.3 is 14.6 Å². The van der Waals surface area contributed by atoms with Crippen molar-refractivity contribution in [3.05, 3.63) is 65.0 Å². The minimum atomic E-state index is -0.334. The van der Waals surface area contributed by atoms with Crippen molar-refractivity contribution >= 4 is 11.9 Å². The molecule has 0 unspecified atom stereocenters. The summed E-state index contributed by atoms with van der Waals surface area (Å²) in [6.07, 6.45) is 2.96. The van der Waals surface area contributed by atoms with E-state index in [0.717, 1.165) is 13.1 Å². The maximum absolute atomic E-state index is 13.0. The van der Waals surface area contributed by atoms with E-state index in [1.807, 2.05) is 0 Å². The number of ketones is 1. The van der Waals surface area contributed by atoms with Crippen molar-refractivity contribution < 1.29 is 23.8 Å². The molecular formula is C21H22FNO4. The number of rotatable bonds is 6. The predicted octanol–water partition coefficient (Wildman–Crippen LogP) is 3.27. The first kappa shape index (κ1) is 19.1. The van der Waals surface area contributed by atoms with Crippen LogP contribution < -0.4 is 4.74 Å². The van der Waals surface area contributed by atoms with Gasteiger partial charge in [0, 0.05) is 19.6 Å². The maximum Gasteiger partial charge on any atom is 0.189 e. The van der Waals surface area contributed by atoms with Crippen LogP contribution in [0.5, 0.6) is 11.5 Å². The van der Waals surface area contributed by atoms with Crippen LogP contribution in [-0.2, 0) is 11.3 Å². The number of phenolic OH excluding ortho intramolecular Hbond substituents is 1. The van der Waals surface area contributed by atoms with Gasteiger partial charge in [0.25, 0.3) is 0 Å². The lowest BCUT2D eigenvalue weighted by Crippen LogP contribution is -2.35. The molecule has 0 bridgehead atoms. The van der Waals surface area contributed by atoms with Gasteiger partial charge in [-0.2, -0.15) is 0 Å². The Morgan fingerprint density at radius 1 is 1.22 bits per heavy atom. The molecule has 0 amide bonds. The summed E-state index contributed by atoms with van der Waals surface area (Å²) in [5, 5.41) is 10.7. The molecule has 1 aliphatic rings. The standard InChI is InChI=1S/C21H22FNO4/c1-26-20-9-7-17(19(24)8-4-15-2-5-16(22)6-3-15)21(25)18(20)14-23-10-12-27-13-11-23/h2-9,25H,10-14H2,1H3/b8-4+. The highest BCUT2D eigenvalue weighted by Gasteiger charge is 2.20. The monoisotopic (exact) mass is 371 g/mol. The number of halogens is 1. The Labute approximate surface area is 157 Å². The number of morpholine rings is 1. The molecular weight excluding hydrogens is 349 g/mol. The molecule has 0 aliphatic carbocycles. The van der Waals surface area contributed by atoms with Gasteiger partial charge in [0.1, 0.15) is 17.3 Å². The van der Waals surface area contributed by atoms with E-state index in [4.69, 9.17) is 9.47 Å². The number of phenols is 1. The fourth-order valence-electron chi connectivity index (χ4n) is 2.98. The third kappa shape index (κ3) is 4.72. The molecule has 142 valence electrons. The number of aromatic hydroxyl groups is 1. The summed E-state index contributed by atoms with van der Waals surface area (Å²) in [6, 6.07) is 9.06. The predicted molar refractivity (Wildman–Crippen MR) is 101 cm³/mol. The smallest absolute Gasteiger partial charge is 0.189 e. The normalized spacial score (nSPS) is 15.2. The van der Waals surface area contributed by atoms with Crippen LogP contribution in [0.1, 0.15) is 21.5 Å². The van der Waals surface area contributed by atoms with Gasteiger partial charge in [-0.25, -0.2) is 4.39 Å². The Morgan fingerprint density at radius 2 is 1.93 bits per heavy atom. The first-order valence-corrected chi connectivity index (χ1v) is 8.75. The van der Waals surface area contributed by atoms with Crippen molar-refractivity contribution in [3.8, 4) is 11.5 Å². The summed E-state index contributed by atoms with van der Waals surface area (Å²) in [4.78, 5) is 14.7. The van der Waals surface area contributed by atoms with Crippen LogP contribution in [0.4, 0.5) is 4.39 Å². The highest BCUT2D eigenvalue weighted by molar-refractivity contribution is 6.09. The van der Waals surface area contributed by atoms with Crippen LogP contribution in [0, 0.1) is 5.82 Å². The van der Waals surface area contributed by atoms with Crippen molar-refractivity contribution in [1.82, 2.24) is 4.90 Å². The molecule has 5 nitrogen and oxygen atoms in total. The van der Waals surface area contributed by atoms with E-state index in [2.05, 4.69) is 4.90 Å². The number of ether oxygens (including phenoxy) is 2. The van der Waals surface area contributed by atoms with Gasteiger partial charge in [-0.1, -0.05) is 18.2 Å². The molecule has 6 heteroatoms. The van der Waals surface area contributed by atoms with E-state index >= 15 is 0 Å². The summed E-state index contributed by atoms with van der Waals surface area (Å²) in [5.74, 6) is -0.200. The Balaban J connectivity index is 1.82. The number of nitrogens with zero attached hydrogens (tertiary/aromatic N) is 1. The SMILES string of the molecule is COc1ccc(C(=O)/C=C/c2ccc(F)cc2)c(O)c1CN1CCOCC1. The van der Waals surface area contributed by atoms with Crippen LogP contribution in [0.2, 0.25) is 0 Å². The summed E-state index contributed by atoms with van der Waals surface area (Å²) >= 11 is 0. The van der Waals surface area contributed by atoms with Crippen LogP contribution in [0.15, 0.2) is 42.5 Å². The van der Waals surface area contributed by atoms with Gasteiger partial charge in [0.15, 0.2) is 5.78 Å². The Hall–Kier alpha value is -2.70. The number of carbonyl (C=O) groups excluding carboxylic acids is 1. The molecule has 0 radical (unpaired) electrons. The van der Waals surface area contributed by atoms with E-state index in [1.54, 1.807) is 30.3 Å². The second-order valence-electron chi connectivity index (χ2n) is 6.28. The average Bonchev–Trinajstić information content (AvgIpc) is 2.69. The molecule has 2 aromatic carbocycles. The lowest BCUT2D eigenvalue weighted by atomic mass is 10.0.